The van der Waals surface area contributed by atoms with Crippen molar-refractivity contribution in [3.05, 3.63) is 64.2 Å². The van der Waals surface area contributed by atoms with Crippen LogP contribution in [0.15, 0.2) is 52.5 Å². The van der Waals surface area contributed by atoms with E-state index in [2.05, 4.69) is 21.3 Å². The number of halogens is 1. The molecule has 6 nitrogen and oxygen atoms in total. The molecule has 0 aromatic heterocycles. The van der Waals surface area contributed by atoms with Crippen molar-refractivity contribution in [1.82, 2.24) is 10.1 Å². The molecule has 1 unspecified atom stereocenters. The van der Waals surface area contributed by atoms with Gasteiger partial charge in [-0.25, -0.2) is 18.6 Å². The van der Waals surface area contributed by atoms with Crippen LogP contribution in [0.3, 0.4) is 0 Å². The summed E-state index contributed by atoms with van der Waals surface area (Å²) in [7, 11) is -3.55. The maximum Gasteiger partial charge on any atom is 0.246 e. The minimum Gasteiger partial charge on any atom is -0.273 e. The van der Waals surface area contributed by atoms with E-state index in [9.17, 15) is 13.2 Å². The Morgan fingerprint density at radius 2 is 1.85 bits per heavy atom. The topological polar surface area (TPSA) is 87.6 Å². The van der Waals surface area contributed by atoms with Crippen LogP contribution in [0.4, 0.5) is 0 Å². The van der Waals surface area contributed by atoms with Crippen molar-refractivity contribution >= 4 is 33.2 Å². The van der Waals surface area contributed by atoms with Gasteiger partial charge in [0.15, 0.2) is 0 Å². The number of hydrogen-bond acceptors (Lipinski definition) is 4. The molecule has 4 rings (SSSR count). The molecule has 1 aliphatic heterocycles. The molecule has 0 saturated carbocycles. The lowest BCUT2D eigenvalue weighted by atomic mass is 10.0. The molecule has 1 atom stereocenters. The first-order valence-corrected chi connectivity index (χ1v) is 10.5. The van der Waals surface area contributed by atoms with Gasteiger partial charge < -0.3 is 0 Å². The van der Waals surface area contributed by atoms with E-state index in [1.165, 1.54) is 23.3 Å². The van der Waals surface area contributed by atoms with E-state index in [0.717, 1.165) is 24.1 Å². The zero-order valence-electron chi connectivity index (χ0n) is 14.4. The van der Waals surface area contributed by atoms with Gasteiger partial charge >= 0.3 is 0 Å². The number of nitrogens with one attached hydrogen (secondary N) is 2. The number of benzene rings is 2. The number of carbonyl (C=O) groups is 1. The van der Waals surface area contributed by atoms with Crippen LogP contribution in [-0.2, 0) is 27.7 Å². The minimum absolute atomic E-state index is 0.0972. The third kappa shape index (κ3) is 3.90. The Balaban J connectivity index is 1.41. The highest BCUT2D eigenvalue weighted by molar-refractivity contribution is 7.89. The fourth-order valence-corrected chi connectivity index (χ4v) is 4.73. The molecule has 1 heterocycles. The van der Waals surface area contributed by atoms with E-state index in [0.29, 0.717) is 18.0 Å². The number of hydrazone groups is 1. The molecule has 140 valence electrons. The van der Waals surface area contributed by atoms with Crippen molar-refractivity contribution < 1.29 is 13.2 Å². The molecule has 2 N–H and O–H groups in total. The van der Waals surface area contributed by atoms with Gasteiger partial charge in [0, 0.05) is 11.6 Å². The molecule has 2 aromatic rings. The molecular weight excluding hydrogens is 386 g/mol. The Labute approximate surface area is 162 Å². The van der Waals surface area contributed by atoms with E-state index in [1.54, 1.807) is 12.1 Å². The van der Waals surface area contributed by atoms with Crippen LogP contribution < -0.4 is 10.1 Å². The van der Waals surface area contributed by atoms with Gasteiger partial charge in [-0.1, -0.05) is 23.7 Å². The van der Waals surface area contributed by atoms with Crippen molar-refractivity contribution in [3.63, 3.8) is 0 Å². The van der Waals surface area contributed by atoms with E-state index in [-0.39, 0.29) is 16.7 Å². The minimum atomic E-state index is -3.55. The number of fused-ring (bicyclic) bond motifs is 1. The lowest BCUT2D eigenvalue weighted by Crippen LogP contribution is -2.29. The summed E-state index contributed by atoms with van der Waals surface area (Å²) >= 11 is 5.82. The number of amides is 1. The maximum atomic E-state index is 12.4. The van der Waals surface area contributed by atoms with Crippen LogP contribution >= 0.6 is 11.6 Å². The van der Waals surface area contributed by atoms with E-state index >= 15 is 0 Å². The fourth-order valence-electron chi connectivity index (χ4n) is 3.49. The second kappa shape index (κ2) is 7.07. The van der Waals surface area contributed by atoms with Crippen molar-refractivity contribution in [2.75, 3.05) is 6.54 Å². The largest absolute Gasteiger partial charge is 0.273 e. The average molecular weight is 404 g/mol. The zero-order valence-corrected chi connectivity index (χ0v) is 16.0. The molecule has 2 aromatic carbocycles. The quantitative estimate of drug-likeness (QED) is 0.802. The molecule has 2 aliphatic rings. The van der Waals surface area contributed by atoms with Crippen molar-refractivity contribution in [2.45, 2.75) is 24.2 Å². The molecule has 1 aliphatic carbocycles. The summed E-state index contributed by atoms with van der Waals surface area (Å²) in [4.78, 5) is 11.5. The number of rotatable bonds is 5. The summed E-state index contributed by atoms with van der Waals surface area (Å²) in [5.41, 5.74) is 6.55. The first kappa shape index (κ1) is 18.2. The number of hydrogen-bond donors (Lipinski definition) is 2. The van der Waals surface area contributed by atoms with E-state index in [4.69, 9.17) is 11.6 Å². The molecule has 0 spiro atoms. The van der Waals surface area contributed by atoms with Gasteiger partial charge in [-0.15, -0.1) is 0 Å². The van der Waals surface area contributed by atoms with Gasteiger partial charge in [0.25, 0.3) is 0 Å². The molecule has 0 radical (unpaired) electrons. The molecule has 27 heavy (non-hydrogen) atoms. The smallest absolute Gasteiger partial charge is 0.246 e. The zero-order chi connectivity index (χ0) is 19.0. The van der Waals surface area contributed by atoms with Crippen molar-refractivity contribution in [2.24, 2.45) is 11.0 Å². The van der Waals surface area contributed by atoms with Crippen LogP contribution in [0.5, 0.6) is 0 Å². The Morgan fingerprint density at radius 3 is 2.56 bits per heavy atom. The Bertz CT molecular complexity index is 1030. The van der Waals surface area contributed by atoms with E-state index in [1.807, 2.05) is 12.1 Å². The average Bonchev–Trinajstić information content (AvgIpc) is 3.25. The Kier molecular flexibility index (Phi) is 4.75. The summed E-state index contributed by atoms with van der Waals surface area (Å²) in [6.07, 6.45) is 1.91. The van der Waals surface area contributed by atoms with Gasteiger partial charge in [0.05, 0.1) is 17.0 Å². The highest BCUT2D eigenvalue weighted by atomic mass is 35.5. The molecule has 0 saturated heterocycles. The lowest BCUT2D eigenvalue weighted by Gasteiger charge is -2.11. The van der Waals surface area contributed by atoms with Crippen LogP contribution in [0.2, 0.25) is 5.02 Å². The van der Waals surface area contributed by atoms with Crippen LogP contribution in [-0.4, -0.2) is 26.6 Å². The van der Waals surface area contributed by atoms with Gasteiger partial charge in [0.1, 0.15) is 0 Å². The van der Waals surface area contributed by atoms with Gasteiger partial charge in [-0.05, 0) is 65.8 Å². The summed E-state index contributed by atoms with van der Waals surface area (Å²) in [5, 5.41) is 4.56. The molecule has 1 amide bonds. The SMILES string of the molecule is O=C1CC(c2ccc3c(c2)CC(CNS(=O)(=O)c2ccc(Cl)cc2)C3)=NN1. The summed E-state index contributed by atoms with van der Waals surface area (Å²) in [5.74, 6) is 0.0996. The standard InChI is InChI=1S/C19H18ClN3O3S/c20-16-3-5-17(6-4-16)27(25,26)21-11-12-7-13-1-2-14(9-15(13)8-12)18-10-19(24)23-22-18/h1-6,9,12,21H,7-8,10-11H2,(H,23,24). The predicted molar refractivity (Wildman–Crippen MR) is 103 cm³/mol. The van der Waals surface area contributed by atoms with Crippen molar-refractivity contribution in [3.8, 4) is 0 Å². The normalized spacial score (nSPS) is 18.9. The van der Waals surface area contributed by atoms with Gasteiger partial charge in [-0.2, -0.15) is 5.10 Å². The molecule has 0 fully saturated rings. The van der Waals surface area contributed by atoms with Gasteiger partial charge in [0.2, 0.25) is 15.9 Å². The van der Waals surface area contributed by atoms with Crippen molar-refractivity contribution in [1.29, 1.82) is 0 Å². The highest BCUT2D eigenvalue weighted by Gasteiger charge is 2.25. The highest BCUT2D eigenvalue weighted by Crippen LogP contribution is 2.28. The van der Waals surface area contributed by atoms with Crippen LogP contribution in [0, 0.1) is 5.92 Å². The third-order valence-electron chi connectivity index (χ3n) is 4.89. The van der Waals surface area contributed by atoms with Crippen LogP contribution in [0.1, 0.15) is 23.1 Å². The van der Waals surface area contributed by atoms with Crippen LogP contribution in [0.25, 0.3) is 0 Å². The number of nitrogens with zero attached hydrogens (tertiary/aromatic N) is 1. The first-order chi connectivity index (χ1) is 12.9. The maximum absolute atomic E-state index is 12.4. The van der Waals surface area contributed by atoms with E-state index < -0.39 is 10.0 Å². The number of carbonyl (C=O) groups excluding carboxylic acids is 1. The Hall–Kier alpha value is -2.22. The third-order valence-corrected chi connectivity index (χ3v) is 6.58. The molecular formula is C19H18ClN3O3S. The summed E-state index contributed by atoms with van der Waals surface area (Å²) in [6.45, 7) is 0.371. The second-order valence-corrected chi connectivity index (χ2v) is 9.04. The van der Waals surface area contributed by atoms with Gasteiger partial charge in [-0.3, -0.25) is 4.79 Å². The number of sulfonamides is 1. The summed E-state index contributed by atoms with van der Waals surface area (Å²) < 4.78 is 27.5. The molecule has 0 bridgehead atoms. The lowest BCUT2D eigenvalue weighted by molar-refractivity contribution is -0.119. The monoisotopic (exact) mass is 403 g/mol. The second-order valence-electron chi connectivity index (χ2n) is 6.83. The Morgan fingerprint density at radius 1 is 1.11 bits per heavy atom. The predicted octanol–water partition coefficient (Wildman–Crippen LogP) is 2.26. The first-order valence-electron chi connectivity index (χ1n) is 8.63. The fraction of sp³-hybridized carbons (Fsp3) is 0.263. The summed E-state index contributed by atoms with van der Waals surface area (Å²) in [6, 6.07) is 12.2. The molecule has 8 heteroatoms.